The van der Waals surface area contributed by atoms with E-state index in [9.17, 15) is 9.65 Å². The molecule has 114 valence electrons. The lowest BCUT2D eigenvalue weighted by Gasteiger charge is -2.13. The highest BCUT2D eigenvalue weighted by molar-refractivity contribution is 5.89. The van der Waals surface area contributed by atoms with Gasteiger partial charge in [0.2, 0.25) is 0 Å². The monoisotopic (exact) mass is 305 g/mol. The minimum Gasteiger partial charge on any atom is -0.324 e. The van der Waals surface area contributed by atoms with Crippen molar-refractivity contribution in [3.05, 3.63) is 65.1 Å². The van der Waals surface area contributed by atoms with Gasteiger partial charge in [-0.3, -0.25) is 0 Å². The SMILES string of the molecule is Cc1cc(C(C)N)c2cc(-c3ccc(F)cc3)c(C#N)nc2c1. The molecule has 1 unspecified atom stereocenters. The molecule has 0 aliphatic carbocycles. The number of hydrogen-bond acceptors (Lipinski definition) is 3. The molecule has 2 aromatic carbocycles. The lowest BCUT2D eigenvalue weighted by molar-refractivity contribution is 0.628. The first-order valence-corrected chi connectivity index (χ1v) is 7.36. The maximum absolute atomic E-state index is 13.2. The van der Waals surface area contributed by atoms with Crippen molar-refractivity contribution in [2.75, 3.05) is 0 Å². The third-order valence-electron chi connectivity index (χ3n) is 3.86. The van der Waals surface area contributed by atoms with Crippen molar-refractivity contribution in [2.24, 2.45) is 5.73 Å². The Balaban J connectivity index is 2.34. The number of nitrogens with zero attached hydrogens (tertiary/aromatic N) is 2. The summed E-state index contributed by atoms with van der Waals surface area (Å²) in [6.45, 7) is 3.90. The predicted molar refractivity (Wildman–Crippen MR) is 89.2 cm³/mol. The minimum atomic E-state index is -0.312. The fourth-order valence-corrected chi connectivity index (χ4v) is 2.76. The standard InChI is InChI=1S/C19H16FN3/c1-11-7-15(12(2)22)17-9-16(13-3-5-14(20)6-4-13)19(10-21)23-18(17)8-11/h3-9,12H,22H2,1-2H3. The van der Waals surface area contributed by atoms with Crippen LogP contribution in [0.1, 0.15) is 29.8 Å². The largest absolute Gasteiger partial charge is 0.324 e. The molecule has 0 saturated heterocycles. The van der Waals surface area contributed by atoms with Gasteiger partial charge in [0.15, 0.2) is 0 Å². The van der Waals surface area contributed by atoms with Crippen LogP contribution in [0.3, 0.4) is 0 Å². The van der Waals surface area contributed by atoms with E-state index in [1.54, 1.807) is 12.1 Å². The van der Waals surface area contributed by atoms with Crippen molar-refractivity contribution in [2.45, 2.75) is 19.9 Å². The lowest BCUT2D eigenvalue weighted by Crippen LogP contribution is -2.07. The van der Waals surface area contributed by atoms with Crippen molar-refractivity contribution in [3.63, 3.8) is 0 Å². The zero-order valence-corrected chi connectivity index (χ0v) is 13.0. The number of benzene rings is 2. The molecular formula is C19H16FN3. The van der Waals surface area contributed by atoms with Crippen LogP contribution in [0.15, 0.2) is 42.5 Å². The van der Waals surface area contributed by atoms with E-state index < -0.39 is 0 Å². The van der Waals surface area contributed by atoms with Gasteiger partial charge in [-0.25, -0.2) is 9.37 Å². The Morgan fingerprint density at radius 3 is 2.48 bits per heavy atom. The summed E-state index contributed by atoms with van der Waals surface area (Å²) in [4.78, 5) is 4.49. The molecule has 0 saturated carbocycles. The minimum absolute atomic E-state index is 0.145. The summed E-state index contributed by atoms with van der Waals surface area (Å²) in [5.41, 5.74) is 10.6. The fourth-order valence-electron chi connectivity index (χ4n) is 2.76. The molecule has 0 aliphatic rings. The highest BCUT2D eigenvalue weighted by atomic mass is 19.1. The quantitative estimate of drug-likeness (QED) is 0.770. The normalized spacial score (nSPS) is 12.1. The van der Waals surface area contributed by atoms with E-state index in [4.69, 9.17) is 5.73 Å². The highest BCUT2D eigenvalue weighted by Crippen LogP contribution is 2.31. The lowest BCUT2D eigenvalue weighted by atomic mass is 9.96. The van der Waals surface area contributed by atoms with Gasteiger partial charge in [0.1, 0.15) is 17.6 Å². The number of nitriles is 1. The second-order valence-corrected chi connectivity index (χ2v) is 5.71. The zero-order valence-electron chi connectivity index (χ0n) is 13.0. The van der Waals surface area contributed by atoms with Gasteiger partial charge in [0, 0.05) is 17.0 Å². The maximum Gasteiger partial charge on any atom is 0.149 e. The van der Waals surface area contributed by atoms with Gasteiger partial charge in [-0.1, -0.05) is 18.2 Å². The van der Waals surface area contributed by atoms with Gasteiger partial charge in [-0.05, 0) is 54.8 Å². The van der Waals surface area contributed by atoms with Crippen LogP contribution in [-0.2, 0) is 0 Å². The summed E-state index contributed by atoms with van der Waals surface area (Å²) in [5.74, 6) is -0.312. The second-order valence-electron chi connectivity index (χ2n) is 5.71. The Morgan fingerprint density at radius 2 is 1.87 bits per heavy atom. The van der Waals surface area contributed by atoms with Crippen LogP contribution in [0.2, 0.25) is 0 Å². The molecule has 1 heterocycles. The number of halogens is 1. The maximum atomic E-state index is 13.2. The van der Waals surface area contributed by atoms with E-state index in [-0.39, 0.29) is 11.9 Å². The number of nitrogens with two attached hydrogens (primary N) is 1. The Morgan fingerprint density at radius 1 is 1.17 bits per heavy atom. The van der Waals surface area contributed by atoms with Gasteiger partial charge < -0.3 is 5.73 Å². The van der Waals surface area contributed by atoms with Crippen LogP contribution in [0.4, 0.5) is 4.39 Å². The Hall–Kier alpha value is -2.77. The smallest absolute Gasteiger partial charge is 0.149 e. The van der Waals surface area contributed by atoms with Crippen LogP contribution in [0.5, 0.6) is 0 Å². The Bertz CT molecular complexity index is 922. The van der Waals surface area contributed by atoms with Gasteiger partial charge in [-0.2, -0.15) is 5.26 Å². The summed E-state index contributed by atoms with van der Waals surface area (Å²) in [5, 5.41) is 10.4. The molecule has 1 aromatic heterocycles. The molecule has 2 N–H and O–H groups in total. The summed E-state index contributed by atoms with van der Waals surface area (Å²) >= 11 is 0. The van der Waals surface area contributed by atoms with E-state index >= 15 is 0 Å². The van der Waals surface area contributed by atoms with Gasteiger partial charge >= 0.3 is 0 Å². The van der Waals surface area contributed by atoms with Crippen molar-refractivity contribution >= 4 is 10.9 Å². The second kappa shape index (κ2) is 5.79. The van der Waals surface area contributed by atoms with E-state index in [1.807, 2.05) is 32.0 Å². The molecule has 0 spiro atoms. The molecule has 0 radical (unpaired) electrons. The van der Waals surface area contributed by atoms with Crippen LogP contribution in [0, 0.1) is 24.1 Å². The van der Waals surface area contributed by atoms with E-state index in [0.717, 1.165) is 27.6 Å². The summed E-state index contributed by atoms with van der Waals surface area (Å²) in [6, 6.07) is 13.9. The average molecular weight is 305 g/mol. The highest BCUT2D eigenvalue weighted by Gasteiger charge is 2.13. The van der Waals surface area contributed by atoms with Gasteiger partial charge in [-0.15, -0.1) is 0 Å². The average Bonchev–Trinajstić information content (AvgIpc) is 2.53. The molecule has 3 aromatic rings. The molecule has 3 rings (SSSR count). The molecule has 1 atom stereocenters. The number of fused-ring (bicyclic) bond motifs is 1. The number of rotatable bonds is 2. The van der Waals surface area contributed by atoms with E-state index in [0.29, 0.717) is 11.3 Å². The van der Waals surface area contributed by atoms with Crippen LogP contribution < -0.4 is 5.73 Å². The number of pyridine rings is 1. The van der Waals surface area contributed by atoms with Crippen molar-refractivity contribution in [3.8, 4) is 17.2 Å². The zero-order chi connectivity index (χ0) is 16.6. The van der Waals surface area contributed by atoms with Crippen molar-refractivity contribution in [1.29, 1.82) is 5.26 Å². The number of aryl methyl sites for hydroxylation is 1. The van der Waals surface area contributed by atoms with Crippen molar-refractivity contribution < 1.29 is 4.39 Å². The summed E-state index contributed by atoms with van der Waals surface area (Å²) < 4.78 is 13.2. The van der Waals surface area contributed by atoms with Crippen LogP contribution >= 0.6 is 0 Å². The van der Waals surface area contributed by atoms with Gasteiger partial charge in [0.05, 0.1) is 5.52 Å². The summed E-state index contributed by atoms with van der Waals surface area (Å²) in [7, 11) is 0. The molecule has 3 nitrogen and oxygen atoms in total. The Kier molecular flexibility index (Phi) is 3.81. The first-order chi connectivity index (χ1) is 11.0. The third kappa shape index (κ3) is 2.79. The van der Waals surface area contributed by atoms with E-state index in [2.05, 4.69) is 11.1 Å². The molecule has 4 heteroatoms. The molecule has 0 aliphatic heterocycles. The molecule has 0 bridgehead atoms. The number of hydrogen-bond donors (Lipinski definition) is 1. The fraction of sp³-hybridized carbons (Fsp3) is 0.158. The number of aromatic nitrogens is 1. The molecular weight excluding hydrogens is 289 g/mol. The molecule has 0 fully saturated rings. The van der Waals surface area contributed by atoms with Crippen molar-refractivity contribution in [1.82, 2.24) is 4.98 Å². The first-order valence-electron chi connectivity index (χ1n) is 7.36. The first kappa shape index (κ1) is 15.1. The molecule has 0 amide bonds. The Labute approximate surface area is 134 Å². The summed E-state index contributed by atoms with van der Waals surface area (Å²) in [6.07, 6.45) is 0. The van der Waals surface area contributed by atoms with E-state index in [1.165, 1.54) is 12.1 Å². The topological polar surface area (TPSA) is 62.7 Å². The van der Waals surface area contributed by atoms with Crippen LogP contribution in [-0.4, -0.2) is 4.98 Å². The third-order valence-corrected chi connectivity index (χ3v) is 3.86. The van der Waals surface area contributed by atoms with Gasteiger partial charge in [0.25, 0.3) is 0 Å². The molecule has 23 heavy (non-hydrogen) atoms. The van der Waals surface area contributed by atoms with Crippen LogP contribution in [0.25, 0.3) is 22.0 Å². The predicted octanol–water partition coefficient (Wildman–Crippen LogP) is 4.24.